The fraction of sp³-hybridized carbons (Fsp3) is 0.467. The number of nitrogens with one attached hydrogen (secondary N) is 1. The molecule has 1 N–H and O–H groups in total. The maximum Gasteiger partial charge on any atom is 0.176 e. The zero-order valence-electron chi connectivity index (χ0n) is 11.3. The molecule has 1 aromatic carbocycles. The molecule has 0 radical (unpaired) electrons. The van der Waals surface area contributed by atoms with Crippen LogP contribution in [0.25, 0.3) is 11.0 Å². The minimum absolute atomic E-state index is 0.275. The lowest BCUT2D eigenvalue weighted by Crippen LogP contribution is -2.19. The second kappa shape index (κ2) is 5.91. The lowest BCUT2D eigenvalue weighted by Gasteiger charge is -2.12. The highest BCUT2D eigenvalue weighted by atomic mass is 16.5. The summed E-state index contributed by atoms with van der Waals surface area (Å²) in [6.07, 6.45) is 1.01. The average Bonchev–Trinajstić information content (AvgIpc) is 2.81. The molecule has 0 aliphatic rings. The first kappa shape index (κ1) is 13.0. The number of rotatable bonds is 6. The number of fused-ring (bicyclic) bond motifs is 1. The summed E-state index contributed by atoms with van der Waals surface area (Å²) in [5.41, 5.74) is 0.853. The summed E-state index contributed by atoms with van der Waals surface area (Å²) in [7, 11) is 0. The van der Waals surface area contributed by atoms with E-state index in [9.17, 15) is 0 Å². The van der Waals surface area contributed by atoms with Gasteiger partial charge in [-0.2, -0.15) is 0 Å². The second-order valence-corrected chi connectivity index (χ2v) is 4.27. The van der Waals surface area contributed by atoms with E-state index in [-0.39, 0.29) is 6.04 Å². The Morgan fingerprint density at radius 1 is 1.28 bits per heavy atom. The van der Waals surface area contributed by atoms with Crippen LogP contribution < -0.4 is 10.1 Å². The van der Waals surface area contributed by atoms with E-state index in [0.717, 1.165) is 35.4 Å². The smallest absolute Gasteiger partial charge is 0.176 e. The predicted molar refractivity (Wildman–Crippen MR) is 74.1 cm³/mol. The summed E-state index contributed by atoms with van der Waals surface area (Å²) in [4.78, 5) is 0. The van der Waals surface area contributed by atoms with Gasteiger partial charge >= 0.3 is 0 Å². The summed E-state index contributed by atoms with van der Waals surface area (Å²) in [5, 5.41) is 4.53. The van der Waals surface area contributed by atoms with Gasteiger partial charge in [-0.25, -0.2) is 0 Å². The van der Waals surface area contributed by atoms with Crippen LogP contribution in [0, 0.1) is 0 Å². The van der Waals surface area contributed by atoms with E-state index in [1.165, 1.54) is 0 Å². The van der Waals surface area contributed by atoms with Gasteiger partial charge in [0.15, 0.2) is 11.3 Å². The Hall–Kier alpha value is -1.48. The zero-order valence-corrected chi connectivity index (χ0v) is 11.3. The molecule has 0 aliphatic heterocycles. The number of hydrogen-bond acceptors (Lipinski definition) is 3. The maximum absolute atomic E-state index is 5.97. The van der Waals surface area contributed by atoms with Gasteiger partial charge in [0, 0.05) is 5.39 Å². The van der Waals surface area contributed by atoms with Gasteiger partial charge in [0.1, 0.15) is 5.76 Å². The van der Waals surface area contributed by atoms with Crippen LogP contribution >= 0.6 is 0 Å². The molecule has 1 heterocycles. The van der Waals surface area contributed by atoms with Crippen LogP contribution in [0.1, 0.15) is 39.0 Å². The van der Waals surface area contributed by atoms with Crippen LogP contribution in [-0.4, -0.2) is 13.2 Å². The zero-order chi connectivity index (χ0) is 13.0. The molecule has 2 rings (SSSR count). The highest BCUT2D eigenvalue weighted by Crippen LogP contribution is 2.31. The molecular formula is C15H21NO2. The van der Waals surface area contributed by atoms with Crippen LogP contribution in [0.5, 0.6) is 5.75 Å². The van der Waals surface area contributed by atoms with Crippen LogP contribution in [0.4, 0.5) is 0 Å². The Morgan fingerprint density at radius 3 is 2.78 bits per heavy atom. The van der Waals surface area contributed by atoms with E-state index in [2.05, 4.69) is 31.3 Å². The SMILES string of the molecule is CCNC(CC)c1cc2cccc(OCC)c2o1. The van der Waals surface area contributed by atoms with Gasteiger partial charge < -0.3 is 14.5 Å². The van der Waals surface area contributed by atoms with Gasteiger partial charge in [0.2, 0.25) is 0 Å². The third kappa shape index (κ3) is 2.51. The van der Waals surface area contributed by atoms with Crippen molar-refractivity contribution in [3.8, 4) is 5.75 Å². The van der Waals surface area contributed by atoms with Crippen molar-refractivity contribution < 1.29 is 9.15 Å². The van der Waals surface area contributed by atoms with Crippen LogP contribution in [0.3, 0.4) is 0 Å². The number of ether oxygens (including phenoxy) is 1. The second-order valence-electron chi connectivity index (χ2n) is 4.27. The van der Waals surface area contributed by atoms with Gasteiger partial charge in [-0.1, -0.05) is 26.0 Å². The number of benzene rings is 1. The largest absolute Gasteiger partial charge is 0.490 e. The molecule has 0 saturated carbocycles. The predicted octanol–water partition coefficient (Wildman–Crippen LogP) is 3.89. The molecule has 3 nitrogen and oxygen atoms in total. The van der Waals surface area contributed by atoms with E-state index in [1.54, 1.807) is 0 Å². The molecule has 2 aromatic rings. The monoisotopic (exact) mass is 247 g/mol. The highest BCUT2D eigenvalue weighted by molar-refractivity contribution is 5.83. The van der Waals surface area contributed by atoms with Gasteiger partial charge in [0.25, 0.3) is 0 Å². The van der Waals surface area contributed by atoms with Crippen LogP contribution in [-0.2, 0) is 0 Å². The minimum Gasteiger partial charge on any atom is -0.490 e. The van der Waals surface area contributed by atoms with Crippen LogP contribution in [0.2, 0.25) is 0 Å². The van der Waals surface area contributed by atoms with E-state index in [4.69, 9.17) is 9.15 Å². The standard InChI is InChI=1S/C15H21NO2/c1-4-12(16-5-2)14-10-11-8-7-9-13(17-6-3)15(11)18-14/h7-10,12,16H,4-6H2,1-3H3. The molecule has 0 spiro atoms. The van der Waals surface area contributed by atoms with Crippen LogP contribution in [0.15, 0.2) is 28.7 Å². The van der Waals surface area contributed by atoms with Crippen molar-refractivity contribution in [2.24, 2.45) is 0 Å². The van der Waals surface area contributed by atoms with Crippen molar-refractivity contribution >= 4 is 11.0 Å². The molecule has 0 amide bonds. The van der Waals surface area contributed by atoms with E-state index in [0.29, 0.717) is 6.61 Å². The minimum atomic E-state index is 0.275. The average molecular weight is 247 g/mol. The van der Waals surface area contributed by atoms with Gasteiger partial charge in [0.05, 0.1) is 12.6 Å². The first-order valence-corrected chi connectivity index (χ1v) is 6.68. The third-order valence-electron chi connectivity index (χ3n) is 3.03. The molecule has 18 heavy (non-hydrogen) atoms. The Balaban J connectivity index is 2.39. The summed E-state index contributed by atoms with van der Waals surface area (Å²) >= 11 is 0. The molecule has 98 valence electrons. The fourth-order valence-electron chi connectivity index (χ4n) is 2.19. The van der Waals surface area contributed by atoms with Crippen molar-refractivity contribution in [1.29, 1.82) is 0 Å². The first-order chi connectivity index (χ1) is 8.80. The molecule has 0 fully saturated rings. The molecule has 0 aliphatic carbocycles. The lowest BCUT2D eigenvalue weighted by molar-refractivity contribution is 0.335. The summed E-state index contributed by atoms with van der Waals surface area (Å²) < 4.78 is 11.6. The Labute approximate surface area is 108 Å². The molecule has 1 aromatic heterocycles. The van der Waals surface area contributed by atoms with E-state index in [1.807, 2.05) is 19.1 Å². The summed E-state index contributed by atoms with van der Waals surface area (Å²) in [6, 6.07) is 8.39. The third-order valence-corrected chi connectivity index (χ3v) is 3.03. The summed E-state index contributed by atoms with van der Waals surface area (Å²) in [6.45, 7) is 7.84. The van der Waals surface area contributed by atoms with Gasteiger partial charge in [-0.15, -0.1) is 0 Å². The topological polar surface area (TPSA) is 34.4 Å². The van der Waals surface area contributed by atoms with Crippen molar-refractivity contribution in [2.75, 3.05) is 13.2 Å². The number of hydrogen-bond donors (Lipinski definition) is 1. The Morgan fingerprint density at radius 2 is 2.11 bits per heavy atom. The normalized spacial score (nSPS) is 12.8. The molecule has 0 bridgehead atoms. The quantitative estimate of drug-likeness (QED) is 0.840. The number of para-hydroxylation sites is 1. The summed E-state index contributed by atoms with van der Waals surface area (Å²) in [5.74, 6) is 1.81. The van der Waals surface area contributed by atoms with E-state index >= 15 is 0 Å². The molecule has 1 atom stereocenters. The first-order valence-electron chi connectivity index (χ1n) is 6.68. The number of furan rings is 1. The van der Waals surface area contributed by atoms with Crippen molar-refractivity contribution in [3.05, 3.63) is 30.0 Å². The van der Waals surface area contributed by atoms with Crippen molar-refractivity contribution in [3.63, 3.8) is 0 Å². The molecule has 1 unspecified atom stereocenters. The lowest BCUT2D eigenvalue weighted by atomic mass is 10.1. The van der Waals surface area contributed by atoms with Crippen molar-refractivity contribution in [2.45, 2.75) is 33.2 Å². The van der Waals surface area contributed by atoms with Gasteiger partial charge in [-0.3, -0.25) is 0 Å². The highest BCUT2D eigenvalue weighted by Gasteiger charge is 2.15. The van der Waals surface area contributed by atoms with Crippen molar-refractivity contribution in [1.82, 2.24) is 5.32 Å². The maximum atomic E-state index is 5.97. The van der Waals surface area contributed by atoms with E-state index < -0.39 is 0 Å². The molecular weight excluding hydrogens is 226 g/mol. The fourth-order valence-corrected chi connectivity index (χ4v) is 2.19. The molecule has 3 heteroatoms. The Bertz CT molecular complexity index is 504. The molecule has 0 saturated heterocycles. The van der Waals surface area contributed by atoms with Gasteiger partial charge in [-0.05, 0) is 32.0 Å². The Kier molecular flexibility index (Phi) is 4.26.